The zero-order valence-electron chi connectivity index (χ0n) is 10.7. The number of primary amides is 1. The van der Waals surface area contributed by atoms with Crippen LogP contribution in [0.15, 0.2) is 46.9 Å². The Morgan fingerprint density at radius 3 is 2.50 bits per heavy atom. The van der Waals surface area contributed by atoms with Crippen LogP contribution in [0.2, 0.25) is 0 Å². The molecule has 0 unspecified atom stereocenters. The molecule has 3 N–H and O–H groups in total. The molecule has 0 saturated carbocycles. The van der Waals surface area contributed by atoms with Gasteiger partial charge >= 0.3 is 0 Å². The van der Waals surface area contributed by atoms with Gasteiger partial charge in [-0.1, -0.05) is 18.2 Å². The molecular formula is C15H14BrFN2O. The van der Waals surface area contributed by atoms with Gasteiger partial charge in [0.1, 0.15) is 5.82 Å². The van der Waals surface area contributed by atoms with E-state index in [4.69, 9.17) is 5.73 Å². The average Bonchev–Trinajstić information content (AvgIpc) is 2.43. The second-order valence-electron chi connectivity index (χ2n) is 4.42. The van der Waals surface area contributed by atoms with E-state index in [1.54, 1.807) is 24.3 Å². The van der Waals surface area contributed by atoms with Crippen LogP contribution in [0.3, 0.4) is 0 Å². The summed E-state index contributed by atoms with van der Waals surface area (Å²) in [6.07, 6.45) is 0. The molecule has 0 aliphatic carbocycles. The first-order valence-corrected chi connectivity index (χ1v) is 6.89. The van der Waals surface area contributed by atoms with Crippen molar-refractivity contribution in [2.75, 3.05) is 0 Å². The lowest BCUT2D eigenvalue weighted by Gasteiger charge is -2.07. The number of carbonyl (C=O) groups excluding carboxylic acids is 1. The normalized spacial score (nSPS) is 10.5. The van der Waals surface area contributed by atoms with Gasteiger partial charge in [-0.25, -0.2) is 4.39 Å². The minimum absolute atomic E-state index is 0.278. The topological polar surface area (TPSA) is 55.1 Å². The molecule has 0 fully saturated rings. The van der Waals surface area contributed by atoms with Crippen LogP contribution in [0.5, 0.6) is 0 Å². The second kappa shape index (κ2) is 6.63. The standard InChI is InChI=1S/C15H14BrFN2O/c16-13-5-4-11(7-14(13)17)9-19-8-10-2-1-3-12(6-10)15(18)20/h1-7,19H,8-9H2,(H2,18,20). The number of benzene rings is 2. The van der Waals surface area contributed by atoms with E-state index in [0.29, 0.717) is 23.1 Å². The summed E-state index contributed by atoms with van der Waals surface area (Å²) in [6, 6.07) is 12.1. The lowest BCUT2D eigenvalue weighted by Crippen LogP contribution is -2.15. The van der Waals surface area contributed by atoms with Gasteiger partial charge in [0.15, 0.2) is 0 Å². The number of halogens is 2. The minimum Gasteiger partial charge on any atom is -0.366 e. The number of hydrogen-bond donors (Lipinski definition) is 2. The Hall–Kier alpha value is -1.72. The molecule has 1 amide bonds. The van der Waals surface area contributed by atoms with Gasteiger partial charge in [0.25, 0.3) is 0 Å². The van der Waals surface area contributed by atoms with Crippen molar-refractivity contribution in [2.24, 2.45) is 5.73 Å². The van der Waals surface area contributed by atoms with Gasteiger partial charge in [-0.15, -0.1) is 0 Å². The van der Waals surface area contributed by atoms with Crippen molar-refractivity contribution in [1.82, 2.24) is 5.32 Å². The summed E-state index contributed by atoms with van der Waals surface area (Å²) in [7, 11) is 0. The number of nitrogens with two attached hydrogens (primary N) is 1. The maximum absolute atomic E-state index is 13.3. The molecule has 3 nitrogen and oxygen atoms in total. The van der Waals surface area contributed by atoms with Gasteiger partial charge in [0.2, 0.25) is 5.91 Å². The predicted molar refractivity (Wildman–Crippen MR) is 79.6 cm³/mol. The Bertz CT molecular complexity index is 631. The molecule has 2 aromatic carbocycles. The zero-order valence-corrected chi connectivity index (χ0v) is 12.3. The summed E-state index contributed by atoms with van der Waals surface area (Å²) in [6.45, 7) is 1.13. The highest BCUT2D eigenvalue weighted by atomic mass is 79.9. The number of hydrogen-bond acceptors (Lipinski definition) is 2. The third kappa shape index (κ3) is 3.88. The number of nitrogens with one attached hydrogen (secondary N) is 1. The van der Waals surface area contributed by atoms with Crippen molar-refractivity contribution in [1.29, 1.82) is 0 Å². The van der Waals surface area contributed by atoms with Crippen LogP contribution in [-0.4, -0.2) is 5.91 Å². The van der Waals surface area contributed by atoms with Crippen LogP contribution in [0.25, 0.3) is 0 Å². The van der Waals surface area contributed by atoms with Gasteiger partial charge in [-0.2, -0.15) is 0 Å². The molecule has 2 aromatic rings. The van der Waals surface area contributed by atoms with Crippen molar-refractivity contribution < 1.29 is 9.18 Å². The van der Waals surface area contributed by atoms with Gasteiger partial charge in [-0.05, 0) is 51.3 Å². The second-order valence-corrected chi connectivity index (χ2v) is 5.27. The van der Waals surface area contributed by atoms with E-state index in [9.17, 15) is 9.18 Å². The SMILES string of the molecule is NC(=O)c1cccc(CNCc2ccc(Br)c(F)c2)c1. The van der Waals surface area contributed by atoms with E-state index in [-0.39, 0.29) is 5.82 Å². The van der Waals surface area contributed by atoms with E-state index in [0.717, 1.165) is 11.1 Å². The Kier molecular flexibility index (Phi) is 4.87. The molecule has 0 radical (unpaired) electrons. The number of amides is 1. The maximum atomic E-state index is 13.3. The lowest BCUT2D eigenvalue weighted by molar-refractivity contribution is 0.1000. The Balaban J connectivity index is 1.94. The summed E-state index contributed by atoms with van der Waals surface area (Å²) in [5.41, 5.74) is 7.53. The Morgan fingerprint density at radius 1 is 1.15 bits per heavy atom. The summed E-state index contributed by atoms with van der Waals surface area (Å²) >= 11 is 3.12. The van der Waals surface area contributed by atoms with Crippen molar-refractivity contribution in [3.63, 3.8) is 0 Å². The van der Waals surface area contributed by atoms with Crippen molar-refractivity contribution in [2.45, 2.75) is 13.1 Å². The first-order valence-electron chi connectivity index (χ1n) is 6.09. The van der Waals surface area contributed by atoms with E-state index >= 15 is 0 Å². The minimum atomic E-state index is -0.443. The monoisotopic (exact) mass is 336 g/mol. The van der Waals surface area contributed by atoms with E-state index in [1.165, 1.54) is 6.07 Å². The molecule has 0 heterocycles. The molecule has 0 saturated heterocycles. The maximum Gasteiger partial charge on any atom is 0.248 e. The molecule has 0 atom stereocenters. The largest absolute Gasteiger partial charge is 0.366 e. The molecule has 0 aliphatic rings. The summed E-state index contributed by atoms with van der Waals surface area (Å²) in [5.74, 6) is -0.721. The van der Waals surface area contributed by atoms with Gasteiger partial charge in [0, 0.05) is 18.7 Å². The summed E-state index contributed by atoms with van der Waals surface area (Å²) in [5, 5.41) is 3.20. The van der Waals surface area contributed by atoms with Crippen LogP contribution in [0, 0.1) is 5.82 Å². The number of rotatable bonds is 5. The van der Waals surface area contributed by atoms with Crippen molar-refractivity contribution >= 4 is 21.8 Å². The number of carbonyl (C=O) groups is 1. The predicted octanol–water partition coefficient (Wildman–Crippen LogP) is 2.98. The Morgan fingerprint density at radius 2 is 1.85 bits per heavy atom. The van der Waals surface area contributed by atoms with E-state index in [2.05, 4.69) is 21.2 Å². The van der Waals surface area contributed by atoms with E-state index in [1.807, 2.05) is 12.1 Å². The quantitative estimate of drug-likeness (QED) is 0.881. The van der Waals surface area contributed by atoms with Crippen LogP contribution < -0.4 is 11.1 Å². The highest BCUT2D eigenvalue weighted by Crippen LogP contribution is 2.16. The molecule has 5 heteroatoms. The summed E-state index contributed by atoms with van der Waals surface area (Å²) < 4.78 is 13.8. The average molecular weight is 337 g/mol. The van der Waals surface area contributed by atoms with Gasteiger partial charge in [-0.3, -0.25) is 4.79 Å². The highest BCUT2D eigenvalue weighted by Gasteiger charge is 2.02. The molecule has 2 rings (SSSR count). The summed E-state index contributed by atoms with van der Waals surface area (Å²) in [4.78, 5) is 11.1. The fourth-order valence-electron chi connectivity index (χ4n) is 1.84. The van der Waals surface area contributed by atoms with Crippen LogP contribution in [0.1, 0.15) is 21.5 Å². The first kappa shape index (κ1) is 14.7. The van der Waals surface area contributed by atoms with Gasteiger partial charge in [0.05, 0.1) is 4.47 Å². The Labute approximate surface area is 125 Å². The third-order valence-electron chi connectivity index (χ3n) is 2.85. The van der Waals surface area contributed by atoms with Gasteiger partial charge < -0.3 is 11.1 Å². The molecule has 20 heavy (non-hydrogen) atoms. The van der Waals surface area contributed by atoms with Crippen LogP contribution >= 0.6 is 15.9 Å². The smallest absolute Gasteiger partial charge is 0.248 e. The van der Waals surface area contributed by atoms with E-state index < -0.39 is 5.91 Å². The molecule has 104 valence electrons. The van der Waals surface area contributed by atoms with Crippen molar-refractivity contribution in [3.8, 4) is 0 Å². The zero-order chi connectivity index (χ0) is 14.5. The van der Waals surface area contributed by atoms with Crippen LogP contribution in [0.4, 0.5) is 4.39 Å². The fraction of sp³-hybridized carbons (Fsp3) is 0.133. The first-order chi connectivity index (χ1) is 9.56. The highest BCUT2D eigenvalue weighted by molar-refractivity contribution is 9.10. The fourth-order valence-corrected chi connectivity index (χ4v) is 2.08. The van der Waals surface area contributed by atoms with Crippen molar-refractivity contribution in [3.05, 3.63) is 69.4 Å². The molecule has 0 bridgehead atoms. The molecule has 0 aliphatic heterocycles. The molecule has 0 spiro atoms. The van der Waals surface area contributed by atoms with Crippen LogP contribution in [-0.2, 0) is 13.1 Å². The lowest BCUT2D eigenvalue weighted by atomic mass is 10.1. The molecular weight excluding hydrogens is 323 g/mol. The molecule has 0 aromatic heterocycles. The third-order valence-corrected chi connectivity index (χ3v) is 3.50.